The van der Waals surface area contributed by atoms with Crippen LogP contribution in [0.1, 0.15) is 30.4 Å². The van der Waals surface area contributed by atoms with Crippen molar-refractivity contribution in [3.63, 3.8) is 0 Å². The van der Waals surface area contributed by atoms with Gasteiger partial charge in [0.2, 0.25) is 11.8 Å². The molecule has 3 rings (SSSR count). The topological polar surface area (TPSA) is 96.0 Å². The predicted molar refractivity (Wildman–Crippen MR) is 94.2 cm³/mol. The van der Waals surface area contributed by atoms with Gasteiger partial charge in [0.25, 0.3) is 0 Å². The van der Waals surface area contributed by atoms with E-state index in [1.807, 2.05) is 54.6 Å². The number of carbonyl (C=O) groups excluding carboxylic acids is 2. The highest BCUT2D eigenvalue weighted by Gasteiger charge is 2.35. The summed E-state index contributed by atoms with van der Waals surface area (Å²) in [7, 11) is 0. The van der Waals surface area contributed by atoms with Crippen molar-refractivity contribution in [1.29, 1.82) is 5.26 Å². The molecule has 2 aromatic carbocycles. The second-order valence-electron chi connectivity index (χ2n) is 6.34. The van der Waals surface area contributed by atoms with Crippen LogP contribution >= 0.6 is 0 Å². The molecule has 2 amide bonds. The summed E-state index contributed by atoms with van der Waals surface area (Å²) >= 11 is 0. The van der Waals surface area contributed by atoms with Gasteiger partial charge in [-0.1, -0.05) is 55.5 Å². The molecule has 0 heterocycles. The summed E-state index contributed by atoms with van der Waals surface area (Å²) in [5, 5.41) is 11.6. The van der Waals surface area contributed by atoms with Crippen molar-refractivity contribution in [3.05, 3.63) is 59.7 Å². The van der Waals surface area contributed by atoms with E-state index >= 15 is 0 Å². The van der Waals surface area contributed by atoms with E-state index < -0.39 is 17.9 Å². The highest BCUT2D eigenvalue weighted by molar-refractivity contribution is 5.98. The largest absolute Gasteiger partial charge is 0.368 e. The number of rotatable bonds is 5. The standard InChI is InChI=1S/C20H19N3O2/c1-12(10-11-21)18(19(22)24)23-20(25)17-15-8-4-2-6-13(15)14-7-3-5-9-16(14)17/h2-9,12,17-18H,10H2,1H3,(H2,22,24)(H,23,25)/t12-,18-/m1/s1. The predicted octanol–water partition coefficient (Wildman–Crippen LogP) is 2.32. The fourth-order valence-corrected chi connectivity index (χ4v) is 3.43. The van der Waals surface area contributed by atoms with Crippen molar-refractivity contribution >= 4 is 11.8 Å². The van der Waals surface area contributed by atoms with Gasteiger partial charge in [0.05, 0.1) is 12.0 Å². The maximum atomic E-state index is 13.0. The summed E-state index contributed by atoms with van der Waals surface area (Å²) in [4.78, 5) is 24.7. The average Bonchev–Trinajstić information content (AvgIpc) is 2.94. The van der Waals surface area contributed by atoms with Gasteiger partial charge in [-0.3, -0.25) is 9.59 Å². The summed E-state index contributed by atoms with van der Waals surface area (Å²) in [6, 6.07) is 16.7. The van der Waals surface area contributed by atoms with E-state index in [1.165, 1.54) is 0 Å². The smallest absolute Gasteiger partial charge is 0.240 e. The molecule has 2 aromatic rings. The lowest BCUT2D eigenvalue weighted by atomic mass is 9.93. The molecule has 0 aromatic heterocycles. The number of hydrogen-bond acceptors (Lipinski definition) is 3. The van der Waals surface area contributed by atoms with E-state index in [0.717, 1.165) is 22.3 Å². The first-order valence-corrected chi connectivity index (χ1v) is 8.19. The Kier molecular flexibility index (Phi) is 4.53. The normalized spacial score (nSPS) is 14.7. The fourth-order valence-electron chi connectivity index (χ4n) is 3.43. The molecule has 0 saturated carbocycles. The van der Waals surface area contributed by atoms with Crippen LogP contribution < -0.4 is 11.1 Å². The Morgan fingerprint density at radius 3 is 2.12 bits per heavy atom. The molecule has 0 unspecified atom stereocenters. The van der Waals surface area contributed by atoms with E-state index in [9.17, 15) is 9.59 Å². The zero-order valence-corrected chi connectivity index (χ0v) is 13.9. The minimum absolute atomic E-state index is 0.145. The molecule has 0 radical (unpaired) electrons. The van der Waals surface area contributed by atoms with E-state index in [0.29, 0.717) is 0 Å². The van der Waals surface area contributed by atoms with Crippen LogP contribution in [-0.2, 0) is 9.59 Å². The molecule has 2 atom stereocenters. The zero-order chi connectivity index (χ0) is 18.0. The van der Waals surface area contributed by atoms with Crippen molar-refractivity contribution in [2.45, 2.75) is 25.3 Å². The molecule has 0 fully saturated rings. The second-order valence-corrected chi connectivity index (χ2v) is 6.34. The molecule has 25 heavy (non-hydrogen) atoms. The minimum atomic E-state index is -0.868. The van der Waals surface area contributed by atoms with Gasteiger partial charge in [-0.25, -0.2) is 0 Å². The van der Waals surface area contributed by atoms with Crippen LogP contribution in [0, 0.1) is 17.2 Å². The fraction of sp³-hybridized carbons (Fsp3) is 0.250. The van der Waals surface area contributed by atoms with Crippen molar-refractivity contribution in [2.75, 3.05) is 0 Å². The Morgan fingerprint density at radius 2 is 1.64 bits per heavy atom. The van der Waals surface area contributed by atoms with Gasteiger partial charge in [0.1, 0.15) is 6.04 Å². The summed E-state index contributed by atoms with van der Waals surface area (Å²) in [6.07, 6.45) is 0.145. The van der Waals surface area contributed by atoms with Gasteiger partial charge in [-0.2, -0.15) is 5.26 Å². The number of benzene rings is 2. The molecular formula is C20H19N3O2. The van der Waals surface area contributed by atoms with Crippen molar-refractivity contribution in [3.8, 4) is 17.2 Å². The Bertz CT molecular complexity index is 824. The lowest BCUT2D eigenvalue weighted by Gasteiger charge is -2.23. The van der Waals surface area contributed by atoms with E-state index in [-0.39, 0.29) is 18.2 Å². The lowest BCUT2D eigenvalue weighted by molar-refractivity contribution is -0.128. The molecule has 0 bridgehead atoms. The average molecular weight is 333 g/mol. The van der Waals surface area contributed by atoms with Gasteiger partial charge in [0, 0.05) is 6.42 Å². The maximum Gasteiger partial charge on any atom is 0.240 e. The molecule has 126 valence electrons. The van der Waals surface area contributed by atoms with Crippen LogP contribution in [0.3, 0.4) is 0 Å². The monoisotopic (exact) mass is 333 g/mol. The van der Waals surface area contributed by atoms with Crippen molar-refractivity contribution < 1.29 is 9.59 Å². The number of fused-ring (bicyclic) bond motifs is 3. The minimum Gasteiger partial charge on any atom is -0.368 e. The first-order chi connectivity index (χ1) is 12.0. The number of nitrogens with zero attached hydrogens (tertiary/aromatic N) is 1. The summed E-state index contributed by atoms with van der Waals surface area (Å²) in [5.74, 6) is -1.73. The Hall–Kier alpha value is -3.13. The highest BCUT2D eigenvalue weighted by Crippen LogP contribution is 2.44. The SMILES string of the molecule is C[C@H](CC#N)[C@@H](NC(=O)C1c2ccccc2-c2ccccc21)C(N)=O. The number of carbonyl (C=O) groups is 2. The summed E-state index contributed by atoms with van der Waals surface area (Å²) in [6.45, 7) is 1.73. The third-order valence-electron chi connectivity index (χ3n) is 4.68. The van der Waals surface area contributed by atoms with Crippen molar-refractivity contribution in [2.24, 2.45) is 11.7 Å². The van der Waals surface area contributed by atoms with E-state index in [1.54, 1.807) is 6.92 Å². The number of amides is 2. The van der Waals surface area contributed by atoms with Gasteiger partial charge in [0.15, 0.2) is 0 Å². The van der Waals surface area contributed by atoms with E-state index in [2.05, 4.69) is 5.32 Å². The number of primary amides is 1. The Morgan fingerprint density at radius 1 is 1.12 bits per heavy atom. The molecule has 0 aliphatic heterocycles. The van der Waals surface area contributed by atoms with Crippen LogP contribution in [0.25, 0.3) is 11.1 Å². The molecule has 0 saturated heterocycles. The van der Waals surface area contributed by atoms with Gasteiger partial charge in [-0.15, -0.1) is 0 Å². The number of nitriles is 1. The number of nitrogens with one attached hydrogen (secondary N) is 1. The van der Waals surface area contributed by atoms with Crippen LogP contribution in [0.15, 0.2) is 48.5 Å². The quantitative estimate of drug-likeness (QED) is 0.879. The molecule has 1 aliphatic rings. The first-order valence-electron chi connectivity index (χ1n) is 8.19. The zero-order valence-electron chi connectivity index (χ0n) is 13.9. The summed E-state index contributed by atoms with van der Waals surface area (Å²) < 4.78 is 0. The van der Waals surface area contributed by atoms with Crippen LogP contribution in [0.4, 0.5) is 0 Å². The van der Waals surface area contributed by atoms with Crippen LogP contribution in [0.5, 0.6) is 0 Å². The molecule has 5 nitrogen and oxygen atoms in total. The summed E-state index contributed by atoms with van der Waals surface area (Å²) in [5.41, 5.74) is 9.32. The van der Waals surface area contributed by atoms with Gasteiger partial charge in [-0.05, 0) is 28.2 Å². The van der Waals surface area contributed by atoms with E-state index in [4.69, 9.17) is 11.0 Å². The van der Waals surface area contributed by atoms with Gasteiger partial charge >= 0.3 is 0 Å². The number of hydrogen-bond donors (Lipinski definition) is 2. The molecule has 0 spiro atoms. The first kappa shape index (κ1) is 16.7. The molecule has 1 aliphatic carbocycles. The second kappa shape index (κ2) is 6.78. The van der Waals surface area contributed by atoms with Crippen molar-refractivity contribution in [1.82, 2.24) is 5.32 Å². The van der Waals surface area contributed by atoms with Gasteiger partial charge < -0.3 is 11.1 Å². The third-order valence-corrected chi connectivity index (χ3v) is 4.68. The van der Waals surface area contributed by atoms with Crippen LogP contribution in [0.2, 0.25) is 0 Å². The molecule has 5 heteroatoms. The molecule has 3 N–H and O–H groups in total. The highest BCUT2D eigenvalue weighted by atomic mass is 16.2. The third kappa shape index (κ3) is 2.99. The Balaban J connectivity index is 1.95. The van der Waals surface area contributed by atoms with Crippen LogP contribution in [-0.4, -0.2) is 17.9 Å². The Labute approximate surface area is 146 Å². The molecular weight excluding hydrogens is 314 g/mol. The lowest BCUT2D eigenvalue weighted by Crippen LogP contribution is -2.49. The maximum absolute atomic E-state index is 13.0. The number of nitrogens with two attached hydrogens (primary N) is 1.